The van der Waals surface area contributed by atoms with Crippen molar-refractivity contribution in [2.75, 3.05) is 11.0 Å². The van der Waals surface area contributed by atoms with Gasteiger partial charge in [0.1, 0.15) is 0 Å². The van der Waals surface area contributed by atoms with Gasteiger partial charge in [0.15, 0.2) is 8.32 Å². The maximum absolute atomic E-state index is 6.02. The molecule has 0 aromatic rings. The van der Waals surface area contributed by atoms with Crippen LogP contribution in [0.3, 0.4) is 0 Å². The first kappa shape index (κ1) is 15.6. The van der Waals surface area contributed by atoms with E-state index in [0.29, 0.717) is 5.04 Å². The monoisotopic (exact) mass is 340 g/mol. The van der Waals surface area contributed by atoms with E-state index in [2.05, 4.69) is 68.6 Å². The highest BCUT2D eigenvalue weighted by Gasteiger charge is 2.36. The van der Waals surface area contributed by atoms with Crippen molar-refractivity contribution < 1.29 is 4.43 Å². The number of unbranched alkanes of at least 4 members (excludes halogenated alkanes) is 1. The molecule has 0 aliphatic carbocycles. The SMILES string of the molecule is CC(C)(C)[Si](C)(C)OC/C=C/CCCI. The predicted octanol–water partition coefficient (Wildman–Crippen LogP) is 4.78. The van der Waals surface area contributed by atoms with Gasteiger partial charge >= 0.3 is 0 Å². The third-order valence-corrected chi connectivity index (χ3v) is 8.28. The molecule has 0 aromatic heterocycles. The van der Waals surface area contributed by atoms with Crippen LogP contribution in [0, 0.1) is 0 Å². The average Bonchev–Trinajstić information content (AvgIpc) is 2.09. The van der Waals surface area contributed by atoms with Crippen molar-refractivity contribution in [1.82, 2.24) is 0 Å². The van der Waals surface area contributed by atoms with E-state index < -0.39 is 8.32 Å². The first-order valence-corrected chi connectivity index (χ1v) is 10.1. The Morgan fingerprint density at radius 3 is 2.27 bits per heavy atom. The molecule has 0 N–H and O–H groups in total. The van der Waals surface area contributed by atoms with E-state index in [1.807, 2.05) is 0 Å². The van der Waals surface area contributed by atoms with Crippen LogP contribution in [0.2, 0.25) is 18.1 Å². The largest absolute Gasteiger partial charge is 0.413 e. The minimum atomic E-state index is -1.53. The Morgan fingerprint density at radius 2 is 1.80 bits per heavy atom. The lowest BCUT2D eigenvalue weighted by Crippen LogP contribution is -2.40. The van der Waals surface area contributed by atoms with Crippen molar-refractivity contribution in [1.29, 1.82) is 0 Å². The van der Waals surface area contributed by atoms with Crippen molar-refractivity contribution in [3.05, 3.63) is 12.2 Å². The van der Waals surface area contributed by atoms with E-state index in [0.717, 1.165) is 6.61 Å². The molecular formula is C12H25IOSi. The molecule has 15 heavy (non-hydrogen) atoms. The lowest BCUT2D eigenvalue weighted by atomic mass is 10.2. The highest BCUT2D eigenvalue weighted by molar-refractivity contribution is 14.1. The second-order valence-corrected chi connectivity index (χ2v) is 11.3. The third-order valence-electron chi connectivity index (χ3n) is 3.02. The summed E-state index contributed by atoms with van der Waals surface area (Å²) >= 11 is 2.41. The van der Waals surface area contributed by atoms with Crippen molar-refractivity contribution in [2.45, 2.75) is 51.7 Å². The van der Waals surface area contributed by atoms with Crippen molar-refractivity contribution in [3.8, 4) is 0 Å². The van der Waals surface area contributed by atoms with Gasteiger partial charge in [0.05, 0.1) is 6.61 Å². The number of rotatable bonds is 6. The summed E-state index contributed by atoms with van der Waals surface area (Å²) in [5.74, 6) is 0. The summed E-state index contributed by atoms with van der Waals surface area (Å²) in [4.78, 5) is 0. The number of hydrogen-bond acceptors (Lipinski definition) is 1. The maximum Gasteiger partial charge on any atom is 0.192 e. The molecule has 0 radical (unpaired) electrons. The van der Waals surface area contributed by atoms with Gasteiger partial charge in [0.25, 0.3) is 0 Å². The number of hydrogen-bond donors (Lipinski definition) is 0. The first-order valence-electron chi connectivity index (χ1n) is 5.66. The fraction of sp³-hybridized carbons (Fsp3) is 0.833. The first-order chi connectivity index (χ1) is 6.81. The van der Waals surface area contributed by atoms with Crippen LogP contribution in [-0.4, -0.2) is 19.4 Å². The second-order valence-electron chi connectivity index (χ2n) is 5.37. The van der Waals surface area contributed by atoms with Crippen LogP contribution in [0.1, 0.15) is 33.6 Å². The van der Waals surface area contributed by atoms with E-state index in [1.54, 1.807) is 0 Å². The molecule has 0 spiro atoms. The molecule has 0 amide bonds. The molecule has 0 aliphatic heterocycles. The summed E-state index contributed by atoms with van der Waals surface area (Å²) in [5.41, 5.74) is 0. The number of allylic oxidation sites excluding steroid dienone is 1. The fourth-order valence-electron chi connectivity index (χ4n) is 0.854. The Hall–Kier alpha value is 0.647. The summed E-state index contributed by atoms with van der Waals surface area (Å²) in [5, 5.41) is 0.322. The highest BCUT2D eigenvalue weighted by Crippen LogP contribution is 2.36. The van der Waals surface area contributed by atoms with Crippen LogP contribution in [0.4, 0.5) is 0 Å². The van der Waals surface area contributed by atoms with Crippen LogP contribution < -0.4 is 0 Å². The van der Waals surface area contributed by atoms with E-state index >= 15 is 0 Å². The zero-order chi connectivity index (χ0) is 11.9. The molecule has 0 saturated carbocycles. The van der Waals surface area contributed by atoms with Crippen LogP contribution in [0.5, 0.6) is 0 Å². The van der Waals surface area contributed by atoms with Crippen molar-refractivity contribution in [3.63, 3.8) is 0 Å². The van der Waals surface area contributed by atoms with Crippen LogP contribution in [0.15, 0.2) is 12.2 Å². The topological polar surface area (TPSA) is 9.23 Å². The van der Waals surface area contributed by atoms with Gasteiger partial charge in [0.2, 0.25) is 0 Å². The standard InChI is InChI=1S/C12H25IOSi/c1-12(2,3)15(4,5)14-11-9-7-6-8-10-13/h7,9H,6,8,10-11H2,1-5H3/b9-7+. The molecular weight excluding hydrogens is 315 g/mol. The third kappa shape index (κ3) is 6.74. The van der Waals surface area contributed by atoms with Crippen LogP contribution in [-0.2, 0) is 4.43 Å². The second kappa shape index (κ2) is 7.07. The van der Waals surface area contributed by atoms with Crippen molar-refractivity contribution >= 4 is 30.9 Å². The Bertz CT molecular complexity index is 194. The van der Waals surface area contributed by atoms with E-state index in [-0.39, 0.29) is 0 Å². The lowest BCUT2D eigenvalue weighted by Gasteiger charge is -2.35. The van der Waals surface area contributed by atoms with Crippen LogP contribution in [0.25, 0.3) is 0 Å². The van der Waals surface area contributed by atoms with Gasteiger partial charge in [-0.3, -0.25) is 0 Å². The van der Waals surface area contributed by atoms with E-state index in [1.165, 1.54) is 17.3 Å². The molecule has 0 fully saturated rings. The molecule has 0 bridgehead atoms. The lowest BCUT2D eigenvalue weighted by molar-refractivity contribution is 0.327. The Kier molecular flexibility index (Phi) is 7.37. The fourth-order valence-corrected chi connectivity index (χ4v) is 2.24. The van der Waals surface area contributed by atoms with Gasteiger partial charge in [-0.1, -0.05) is 55.5 Å². The normalized spacial score (nSPS) is 13.7. The molecule has 90 valence electrons. The van der Waals surface area contributed by atoms with Gasteiger partial charge in [-0.05, 0) is 35.4 Å². The summed E-state index contributed by atoms with van der Waals surface area (Å²) in [6.07, 6.45) is 6.87. The molecule has 0 rings (SSSR count). The van der Waals surface area contributed by atoms with E-state index in [4.69, 9.17) is 4.43 Å². The smallest absolute Gasteiger partial charge is 0.192 e. The number of halogens is 1. The van der Waals surface area contributed by atoms with Crippen molar-refractivity contribution in [2.24, 2.45) is 0 Å². The molecule has 0 aliphatic rings. The van der Waals surface area contributed by atoms with Gasteiger partial charge in [-0.2, -0.15) is 0 Å². The molecule has 0 saturated heterocycles. The molecule has 0 atom stereocenters. The maximum atomic E-state index is 6.02. The minimum absolute atomic E-state index is 0.322. The Morgan fingerprint density at radius 1 is 1.20 bits per heavy atom. The predicted molar refractivity (Wildman–Crippen MR) is 80.4 cm³/mol. The Balaban J connectivity index is 3.80. The number of alkyl halides is 1. The van der Waals surface area contributed by atoms with Gasteiger partial charge in [0, 0.05) is 0 Å². The molecule has 0 heterocycles. The molecule has 3 heteroatoms. The molecule has 1 nitrogen and oxygen atoms in total. The van der Waals surface area contributed by atoms with Gasteiger partial charge in [-0.25, -0.2) is 0 Å². The van der Waals surface area contributed by atoms with E-state index in [9.17, 15) is 0 Å². The van der Waals surface area contributed by atoms with Gasteiger partial charge in [-0.15, -0.1) is 0 Å². The molecule has 0 aromatic carbocycles. The summed E-state index contributed by atoms with van der Waals surface area (Å²) in [6.45, 7) is 12.2. The average molecular weight is 340 g/mol. The summed E-state index contributed by atoms with van der Waals surface area (Å²) in [6, 6.07) is 0. The minimum Gasteiger partial charge on any atom is -0.413 e. The molecule has 0 unspecified atom stereocenters. The summed E-state index contributed by atoms with van der Waals surface area (Å²) in [7, 11) is -1.53. The van der Waals surface area contributed by atoms with Crippen LogP contribution >= 0.6 is 22.6 Å². The highest BCUT2D eigenvalue weighted by atomic mass is 127. The summed E-state index contributed by atoms with van der Waals surface area (Å²) < 4.78 is 7.27. The Labute approximate surface area is 110 Å². The quantitative estimate of drug-likeness (QED) is 0.222. The zero-order valence-electron chi connectivity index (χ0n) is 10.8. The zero-order valence-corrected chi connectivity index (χ0v) is 13.9. The van der Waals surface area contributed by atoms with Gasteiger partial charge < -0.3 is 4.43 Å².